The van der Waals surface area contributed by atoms with Gasteiger partial charge in [-0.15, -0.1) is 12.3 Å². The molecule has 2 saturated carbocycles. The standard InChI is InChI=1S/C20H24O/c1-3-14-5-9-19-18-7-4-13-12-15(21)6-8-16(13)17(18)10-11-20(14,19)2/h1,12,14,18-19H,4-11H2,2H3/t14-,18?,19?,20+/m0/s1. The van der Waals surface area contributed by atoms with Crippen LogP contribution >= 0.6 is 0 Å². The Labute approximate surface area is 127 Å². The molecule has 0 aromatic carbocycles. The molecular formula is C20H24O. The number of allylic oxidation sites excluding steroid dienone is 4. The smallest absolute Gasteiger partial charge is 0.156 e. The molecule has 2 unspecified atom stereocenters. The Hall–Kier alpha value is -1.29. The van der Waals surface area contributed by atoms with Gasteiger partial charge >= 0.3 is 0 Å². The van der Waals surface area contributed by atoms with Crippen LogP contribution in [0, 0.1) is 35.5 Å². The van der Waals surface area contributed by atoms with Gasteiger partial charge in [0.2, 0.25) is 0 Å². The van der Waals surface area contributed by atoms with E-state index in [4.69, 9.17) is 6.42 Å². The van der Waals surface area contributed by atoms with Crippen LogP contribution < -0.4 is 0 Å². The molecule has 2 fully saturated rings. The van der Waals surface area contributed by atoms with E-state index in [0.717, 1.165) is 31.1 Å². The molecule has 0 aromatic rings. The fraction of sp³-hybridized carbons (Fsp3) is 0.650. The van der Waals surface area contributed by atoms with Crippen molar-refractivity contribution in [3.05, 3.63) is 22.8 Å². The number of carbonyl (C=O) groups is 1. The van der Waals surface area contributed by atoms with Crippen LogP contribution in [0.5, 0.6) is 0 Å². The van der Waals surface area contributed by atoms with Crippen molar-refractivity contribution in [2.45, 2.75) is 58.3 Å². The first-order chi connectivity index (χ1) is 10.1. The van der Waals surface area contributed by atoms with Crippen LogP contribution in [0.2, 0.25) is 0 Å². The first-order valence-corrected chi connectivity index (χ1v) is 8.55. The largest absolute Gasteiger partial charge is 0.295 e. The Bertz CT molecular complexity index is 600. The number of rotatable bonds is 0. The molecule has 4 aliphatic carbocycles. The second-order valence-corrected chi connectivity index (χ2v) is 7.69. The fourth-order valence-corrected chi connectivity index (χ4v) is 5.80. The van der Waals surface area contributed by atoms with Gasteiger partial charge in [0.1, 0.15) is 0 Å². The summed E-state index contributed by atoms with van der Waals surface area (Å²) in [5, 5.41) is 0. The van der Waals surface area contributed by atoms with Gasteiger partial charge in [0.15, 0.2) is 5.78 Å². The Morgan fingerprint density at radius 2 is 2.05 bits per heavy atom. The molecule has 0 amide bonds. The molecule has 0 N–H and O–H groups in total. The van der Waals surface area contributed by atoms with Crippen molar-refractivity contribution in [3.63, 3.8) is 0 Å². The van der Waals surface area contributed by atoms with E-state index in [-0.39, 0.29) is 0 Å². The van der Waals surface area contributed by atoms with Crippen LogP contribution in [0.4, 0.5) is 0 Å². The Balaban J connectivity index is 1.73. The van der Waals surface area contributed by atoms with E-state index < -0.39 is 0 Å². The highest BCUT2D eigenvalue weighted by atomic mass is 16.1. The van der Waals surface area contributed by atoms with E-state index in [2.05, 4.69) is 12.8 Å². The average Bonchev–Trinajstić information content (AvgIpc) is 2.83. The molecule has 0 spiro atoms. The maximum Gasteiger partial charge on any atom is 0.156 e. The van der Waals surface area contributed by atoms with Gasteiger partial charge in [0.05, 0.1) is 0 Å². The van der Waals surface area contributed by atoms with Gasteiger partial charge in [0.25, 0.3) is 0 Å². The van der Waals surface area contributed by atoms with Gasteiger partial charge in [0, 0.05) is 12.3 Å². The zero-order chi connectivity index (χ0) is 14.6. The molecular weight excluding hydrogens is 256 g/mol. The molecule has 21 heavy (non-hydrogen) atoms. The molecule has 1 nitrogen and oxygen atoms in total. The summed E-state index contributed by atoms with van der Waals surface area (Å²) < 4.78 is 0. The van der Waals surface area contributed by atoms with Crippen LogP contribution in [0.1, 0.15) is 58.3 Å². The van der Waals surface area contributed by atoms with Crippen LogP contribution in [0.25, 0.3) is 0 Å². The monoisotopic (exact) mass is 280 g/mol. The molecule has 0 aliphatic heterocycles. The highest BCUT2D eigenvalue weighted by Crippen LogP contribution is 2.61. The Morgan fingerprint density at radius 3 is 2.86 bits per heavy atom. The lowest BCUT2D eigenvalue weighted by Crippen LogP contribution is -2.39. The topological polar surface area (TPSA) is 17.1 Å². The average molecular weight is 280 g/mol. The minimum absolute atomic E-state index is 0.335. The minimum atomic E-state index is 0.335. The Kier molecular flexibility index (Phi) is 2.93. The van der Waals surface area contributed by atoms with Crippen molar-refractivity contribution in [3.8, 4) is 12.3 Å². The van der Waals surface area contributed by atoms with Crippen molar-refractivity contribution >= 4 is 5.78 Å². The summed E-state index contributed by atoms with van der Waals surface area (Å²) in [6.07, 6.45) is 16.8. The van der Waals surface area contributed by atoms with Crippen LogP contribution in [-0.2, 0) is 4.79 Å². The maximum absolute atomic E-state index is 11.7. The van der Waals surface area contributed by atoms with Crippen molar-refractivity contribution in [2.24, 2.45) is 23.2 Å². The van der Waals surface area contributed by atoms with E-state index in [1.165, 1.54) is 37.7 Å². The molecule has 4 atom stereocenters. The summed E-state index contributed by atoms with van der Waals surface area (Å²) in [7, 11) is 0. The van der Waals surface area contributed by atoms with Crippen LogP contribution in [0.3, 0.4) is 0 Å². The number of terminal acetylenes is 1. The van der Waals surface area contributed by atoms with Gasteiger partial charge in [-0.25, -0.2) is 0 Å². The molecule has 0 radical (unpaired) electrons. The molecule has 4 aliphatic rings. The summed E-state index contributed by atoms with van der Waals surface area (Å²) in [5.74, 6) is 5.45. The van der Waals surface area contributed by atoms with Gasteiger partial charge < -0.3 is 0 Å². The number of carbonyl (C=O) groups excluding carboxylic acids is 1. The number of fused-ring (bicyclic) bond motifs is 4. The molecule has 110 valence electrons. The van der Waals surface area contributed by atoms with Crippen LogP contribution in [-0.4, -0.2) is 5.78 Å². The van der Waals surface area contributed by atoms with Crippen molar-refractivity contribution in [1.82, 2.24) is 0 Å². The van der Waals surface area contributed by atoms with E-state index in [0.29, 0.717) is 17.1 Å². The number of hydrogen-bond donors (Lipinski definition) is 0. The van der Waals surface area contributed by atoms with Crippen molar-refractivity contribution in [1.29, 1.82) is 0 Å². The highest BCUT2D eigenvalue weighted by molar-refractivity contribution is 5.93. The SMILES string of the molecule is C#C[C@H]1CCC2C3CCC4=CC(=O)CCC4=C3CC[C@@]21C. The number of hydrogen-bond acceptors (Lipinski definition) is 1. The first kappa shape index (κ1) is 13.4. The molecule has 0 bridgehead atoms. The molecule has 1 heteroatoms. The van der Waals surface area contributed by atoms with Crippen molar-refractivity contribution < 1.29 is 4.79 Å². The lowest BCUT2D eigenvalue weighted by Gasteiger charge is -2.48. The van der Waals surface area contributed by atoms with Crippen molar-refractivity contribution in [2.75, 3.05) is 0 Å². The van der Waals surface area contributed by atoms with Crippen LogP contribution in [0.15, 0.2) is 22.8 Å². The van der Waals surface area contributed by atoms with E-state index in [1.54, 1.807) is 11.1 Å². The first-order valence-electron chi connectivity index (χ1n) is 8.55. The molecule has 0 saturated heterocycles. The quantitative estimate of drug-likeness (QED) is 0.599. The third kappa shape index (κ3) is 1.81. The summed E-state index contributed by atoms with van der Waals surface area (Å²) in [4.78, 5) is 11.7. The zero-order valence-electron chi connectivity index (χ0n) is 13.0. The third-order valence-electron chi connectivity index (χ3n) is 6.93. The van der Waals surface area contributed by atoms with E-state index >= 15 is 0 Å². The third-order valence-corrected chi connectivity index (χ3v) is 6.93. The van der Waals surface area contributed by atoms with Gasteiger partial charge in [-0.2, -0.15) is 0 Å². The second-order valence-electron chi connectivity index (χ2n) is 7.69. The summed E-state index contributed by atoms with van der Waals surface area (Å²) in [5.41, 5.74) is 5.01. The number of ketones is 1. The summed E-state index contributed by atoms with van der Waals surface area (Å²) in [6.45, 7) is 2.45. The normalized spacial score (nSPS) is 41.8. The molecule has 4 rings (SSSR count). The van der Waals surface area contributed by atoms with Gasteiger partial charge in [-0.1, -0.05) is 12.5 Å². The molecule has 0 heterocycles. The minimum Gasteiger partial charge on any atom is -0.295 e. The van der Waals surface area contributed by atoms with Gasteiger partial charge in [-0.3, -0.25) is 4.79 Å². The maximum atomic E-state index is 11.7. The highest BCUT2D eigenvalue weighted by Gasteiger charge is 2.53. The molecule has 0 aromatic heterocycles. The lowest BCUT2D eigenvalue weighted by atomic mass is 9.56. The predicted octanol–water partition coefficient (Wildman–Crippen LogP) is 4.44. The van der Waals surface area contributed by atoms with Gasteiger partial charge in [-0.05, 0) is 79.4 Å². The summed E-state index contributed by atoms with van der Waals surface area (Å²) >= 11 is 0. The fourth-order valence-electron chi connectivity index (χ4n) is 5.80. The lowest BCUT2D eigenvalue weighted by molar-refractivity contribution is -0.114. The van der Waals surface area contributed by atoms with E-state index in [1.807, 2.05) is 6.08 Å². The summed E-state index contributed by atoms with van der Waals surface area (Å²) in [6, 6.07) is 0. The van der Waals surface area contributed by atoms with E-state index in [9.17, 15) is 4.79 Å². The zero-order valence-corrected chi connectivity index (χ0v) is 13.0. The second kappa shape index (κ2) is 4.60. The predicted molar refractivity (Wildman–Crippen MR) is 84.5 cm³/mol. The Morgan fingerprint density at radius 1 is 1.19 bits per heavy atom.